The second kappa shape index (κ2) is 7.04. The first-order valence-corrected chi connectivity index (χ1v) is 8.19. The minimum Gasteiger partial charge on any atom is -0.300 e. The van der Waals surface area contributed by atoms with E-state index in [0.29, 0.717) is 25.6 Å². The summed E-state index contributed by atoms with van der Waals surface area (Å²) in [6.45, 7) is 4.91. The zero-order valence-corrected chi connectivity index (χ0v) is 13.0. The molecule has 2 nitrogen and oxygen atoms in total. The Labute approximate surface area is 131 Å². The van der Waals surface area contributed by atoms with E-state index in [1.165, 1.54) is 0 Å². The minimum absolute atomic E-state index is 0.0529. The molecule has 1 saturated carbocycles. The lowest BCUT2D eigenvalue weighted by Gasteiger charge is -2.44. The SMILES string of the molecule is C=CC[C@]1(CC#N)CC[C@@H](N2CCC(C(F)(F)F)CC2)CC1. The third-order valence-corrected chi connectivity index (χ3v) is 5.56. The Kier molecular flexibility index (Phi) is 5.55. The van der Waals surface area contributed by atoms with E-state index in [1.54, 1.807) is 0 Å². The Morgan fingerprint density at radius 2 is 1.77 bits per heavy atom. The van der Waals surface area contributed by atoms with E-state index in [4.69, 9.17) is 5.26 Å². The van der Waals surface area contributed by atoms with Crippen LogP contribution in [0.25, 0.3) is 0 Å². The molecule has 0 amide bonds. The maximum absolute atomic E-state index is 12.7. The standard InChI is InChI=1S/C17H25F3N2/c1-2-7-16(10-11-21)8-3-15(4-9-16)22-12-5-14(6-13-22)17(18,19)20/h2,14-15H,1,3-10,12-13H2/t15-,16+. The molecule has 0 spiro atoms. The number of hydrogen-bond donors (Lipinski definition) is 0. The van der Waals surface area contributed by atoms with Crippen LogP contribution in [0, 0.1) is 22.7 Å². The molecule has 5 heteroatoms. The van der Waals surface area contributed by atoms with Crippen molar-refractivity contribution in [2.75, 3.05) is 13.1 Å². The fourth-order valence-corrected chi connectivity index (χ4v) is 4.10. The van der Waals surface area contributed by atoms with Crippen LogP contribution in [0.5, 0.6) is 0 Å². The number of halogens is 3. The van der Waals surface area contributed by atoms with Crippen LogP contribution in [-0.4, -0.2) is 30.2 Å². The first-order chi connectivity index (χ1) is 10.4. The lowest BCUT2D eigenvalue weighted by atomic mass is 9.68. The van der Waals surface area contributed by atoms with Crippen molar-refractivity contribution in [1.29, 1.82) is 5.26 Å². The highest BCUT2D eigenvalue weighted by molar-refractivity contribution is 4.98. The molecule has 0 bridgehead atoms. The smallest absolute Gasteiger partial charge is 0.300 e. The summed E-state index contributed by atoms with van der Waals surface area (Å²) in [6.07, 6.45) is 3.69. The van der Waals surface area contributed by atoms with E-state index in [0.717, 1.165) is 32.1 Å². The lowest BCUT2D eigenvalue weighted by Crippen LogP contribution is -2.46. The van der Waals surface area contributed by atoms with Gasteiger partial charge in [-0.25, -0.2) is 0 Å². The van der Waals surface area contributed by atoms with E-state index in [2.05, 4.69) is 17.5 Å². The van der Waals surface area contributed by atoms with Crippen molar-refractivity contribution in [3.05, 3.63) is 12.7 Å². The first-order valence-electron chi connectivity index (χ1n) is 8.19. The molecule has 1 aliphatic carbocycles. The second-order valence-electron chi connectivity index (χ2n) is 6.91. The molecule has 1 aliphatic heterocycles. The lowest BCUT2D eigenvalue weighted by molar-refractivity contribution is -0.186. The van der Waals surface area contributed by atoms with E-state index in [9.17, 15) is 13.2 Å². The maximum Gasteiger partial charge on any atom is 0.391 e. The number of nitriles is 1. The molecule has 2 rings (SSSR count). The largest absolute Gasteiger partial charge is 0.391 e. The summed E-state index contributed by atoms with van der Waals surface area (Å²) in [5.74, 6) is -1.12. The highest BCUT2D eigenvalue weighted by Gasteiger charge is 2.43. The molecule has 0 aromatic rings. The summed E-state index contributed by atoms with van der Waals surface area (Å²) in [7, 11) is 0. The third-order valence-electron chi connectivity index (χ3n) is 5.56. The molecule has 1 saturated heterocycles. The van der Waals surface area contributed by atoms with E-state index >= 15 is 0 Å². The quantitative estimate of drug-likeness (QED) is 0.705. The number of hydrogen-bond acceptors (Lipinski definition) is 2. The van der Waals surface area contributed by atoms with Crippen molar-refractivity contribution in [2.24, 2.45) is 11.3 Å². The van der Waals surface area contributed by atoms with Crippen molar-refractivity contribution >= 4 is 0 Å². The monoisotopic (exact) mass is 314 g/mol. The summed E-state index contributed by atoms with van der Waals surface area (Å²) < 4.78 is 38.2. The summed E-state index contributed by atoms with van der Waals surface area (Å²) in [4.78, 5) is 2.24. The Balaban J connectivity index is 1.85. The van der Waals surface area contributed by atoms with Crippen LogP contribution in [0.15, 0.2) is 12.7 Å². The van der Waals surface area contributed by atoms with Gasteiger partial charge in [-0.15, -0.1) is 6.58 Å². The van der Waals surface area contributed by atoms with Crippen molar-refractivity contribution in [3.8, 4) is 6.07 Å². The van der Waals surface area contributed by atoms with Crippen LogP contribution in [0.1, 0.15) is 51.4 Å². The normalized spacial score (nSPS) is 31.6. The zero-order valence-electron chi connectivity index (χ0n) is 13.0. The predicted molar refractivity (Wildman–Crippen MR) is 80.1 cm³/mol. The van der Waals surface area contributed by atoms with Gasteiger partial charge in [0.1, 0.15) is 0 Å². The molecule has 2 fully saturated rings. The minimum atomic E-state index is -4.04. The molecule has 0 aromatic carbocycles. The topological polar surface area (TPSA) is 27.0 Å². The van der Waals surface area contributed by atoms with Gasteiger partial charge in [0.05, 0.1) is 12.0 Å². The maximum atomic E-state index is 12.7. The van der Waals surface area contributed by atoms with Gasteiger partial charge in [0.15, 0.2) is 0 Å². The Bertz CT molecular complexity index is 409. The predicted octanol–water partition coefficient (Wildman–Crippen LogP) is 4.68. The highest BCUT2D eigenvalue weighted by atomic mass is 19.4. The zero-order chi connectivity index (χ0) is 16.2. The Morgan fingerprint density at radius 1 is 1.18 bits per heavy atom. The molecular formula is C17H25F3N2. The molecular weight excluding hydrogens is 289 g/mol. The van der Waals surface area contributed by atoms with Crippen LogP contribution < -0.4 is 0 Å². The summed E-state index contributed by atoms with van der Waals surface area (Å²) in [5.41, 5.74) is 0.0529. The number of alkyl halides is 3. The van der Waals surface area contributed by atoms with Crippen molar-refractivity contribution in [3.63, 3.8) is 0 Å². The van der Waals surface area contributed by atoms with Gasteiger partial charge in [0, 0.05) is 12.5 Å². The molecule has 0 unspecified atom stereocenters. The van der Waals surface area contributed by atoms with Crippen LogP contribution in [-0.2, 0) is 0 Å². The molecule has 124 valence electrons. The molecule has 0 N–H and O–H groups in total. The summed E-state index contributed by atoms with van der Waals surface area (Å²) >= 11 is 0. The molecule has 0 aromatic heterocycles. The molecule has 22 heavy (non-hydrogen) atoms. The van der Waals surface area contributed by atoms with E-state index in [-0.39, 0.29) is 18.3 Å². The van der Waals surface area contributed by atoms with Crippen LogP contribution in [0.2, 0.25) is 0 Å². The van der Waals surface area contributed by atoms with E-state index < -0.39 is 12.1 Å². The van der Waals surface area contributed by atoms with Gasteiger partial charge in [0.2, 0.25) is 0 Å². The number of nitrogens with zero attached hydrogens (tertiary/aromatic N) is 2. The van der Waals surface area contributed by atoms with Crippen molar-refractivity contribution in [2.45, 2.75) is 63.6 Å². The average Bonchev–Trinajstić information content (AvgIpc) is 2.48. The van der Waals surface area contributed by atoms with Gasteiger partial charge >= 0.3 is 6.18 Å². The number of rotatable bonds is 4. The van der Waals surface area contributed by atoms with Gasteiger partial charge in [-0.1, -0.05) is 6.08 Å². The van der Waals surface area contributed by atoms with Crippen molar-refractivity contribution < 1.29 is 13.2 Å². The fraction of sp³-hybridized carbons (Fsp3) is 0.824. The number of allylic oxidation sites excluding steroid dienone is 1. The molecule has 0 atom stereocenters. The van der Waals surface area contributed by atoms with Crippen LogP contribution in [0.4, 0.5) is 13.2 Å². The third kappa shape index (κ3) is 4.04. The Hall–Kier alpha value is -1.02. The van der Waals surface area contributed by atoms with Crippen molar-refractivity contribution in [1.82, 2.24) is 4.90 Å². The highest BCUT2D eigenvalue weighted by Crippen LogP contribution is 2.44. The van der Waals surface area contributed by atoms with Gasteiger partial charge in [-0.3, -0.25) is 0 Å². The summed E-state index contributed by atoms with van der Waals surface area (Å²) in [5, 5.41) is 9.03. The van der Waals surface area contributed by atoms with Gasteiger partial charge < -0.3 is 4.90 Å². The second-order valence-corrected chi connectivity index (χ2v) is 6.91. The average molecular weight is 314 g/mol. The molecule has 2 aliphatic rings. The van der Waals surface area contributed by atoms with Gasteiger partial charge in [0.25, 0.3) is 0 Å². The van der Waals surface area contributed by atoms with Gasteiger partial charge in [-0.05, 0) is 63.5 Å². The fourth-order valence-electron chi connectivity index (χ4n) is 4.10. The molecule has 1 heterocycles. The number of piperidine rings is 1. The van der Waals surface area contributed by atoms with Crippen LogP contribution >= 0.6 is 0 Å². The Morgan fingerprint density at radius 3 is 2.23 bits per heavy atom. The van der Waals surface area contributed by atoms with Gasteiger partial charge in [-0.2, -0.15) is 18.4 Å². The van der Waals surface area contributed by atoms with E-state index in [1.807, 2.05) is 6.08 Å². The first kappa shape index (κ1) is 17.3. The van der Waals surface area contributed by atoms with Crippen LogP contribution in [0.3, 0.4) is 0 Å². The number of likely N-dealkylation sites (tertiary alicyclic amines) is 1. The molecule has 0 radical (unpaired) electrons. The summed E-state index contributed by atoms with van der Waals surface area (Å²) in [6, 6.07) is 2.69.